The summed E-state index contributed by atoms with van der Waals surface area (Å²) >= 11 is 0. The van der Waals surface area contributed by atoms with E-state index in [2.05, 4.69) is 29.2 Å². The minimum Gasteiger partial charge on any atom is -0.508 e. The highest BCUT2D eigenvalue weighted by molar-refractivity contribution is 5.95. The molecule has 6 nitrogen and oxygen atoms in total. The lowest BCUT2D eigenvalue weighted by Gasteiger charge is -2.43. The Balaban J connectivity index is 1.39. The van der Waals surface area contributed by atoms with Crippen molar-refractivity contribution in [2.75, 3.05) is 31.6 Å². The van der Waals surface area contributed by atoms with Crippen LogP contribution >= 0.6 is 0 Å². The zero-order valence-electron chi connectivity index (χ0n) is 20.8. The van der Waals surface area contributed by atoms with Crippen LogP contribution < -0.4 is 14.4 Å². The normalized spacial score (nSPS) is 18.3. The molecule has 188 valence electrons. The fourth-order valence-corrected chi connectivity index (χ4v) is 5.36. The van der Waals surface area contributed by atoms with Crippen LogP contribution in [0.5, 0.6) is 17.2 Å². The van der Waals surface area contributed by atoms with Gasteiger partial charge in [0.15, 0.2) is 11.5 Å². The van der Waals surface area contributed by atoms with Crippen molar-refractivity contribution in [3.8, 4) is 17.2 Å². The number of carbonyl (C=O) groups excluding carboxylic acids is 1. The molecule has 1 amide bonds. The van der Waals surface area contributed by atoms with Gasteiger partial charge in [-0.15, -0.1) is 0 Å². The van der Waals surface area contributed by atoms with Gasteiger partial charge in [-0.05, 0) is 68.0 Å². The summed E-state index contributed by atoms with van der Waals surface area (Å²) in [7, 11) is 1.68. The van der Waals surface area contributed by atoms with Crippen LogP contribution in [0.2, 0.25) is 0 Å². The average molecular weight is 487 g/mol. The Labute approximate surface area is 213 Å². The molecule has 1 aliphatic heterocycles. The van der Waals surface area contributed by atoms with Crippen molar-refractivity contribution in [2.24, 2.45) is 0 Å². The predicted octanol–water partition coefficient (Wildman–Crippen LogP) is 5.30. The molecule has 1 heterocycles. The molecule has 3 aromatic rings. The minimum absolute atomic E-state index is 0.0164. The summed E-state index contributed by atoms with van der Waals surface area (Å²) in [6.45, 7) is 2.01. The molecule has 1 saturated carbocycles. The fourth-order valence-electron chi connectivity index (χ4n) is 5.36. The third-order valence-electron chi connectivity index (χ3n) is 7.26. The molecule has 1 saturated heterocycles. The quantitative estimate of drug-likeness (QED) is 0.491. The number of methoxy groups -OCH3 is 1. The van der Waals surface area contributed by atoms with Crippen molar-refractivity contribution < 1.29 is 19.4 Å². The highest BCUT2D eigenvalue weighted by Gasteiger charge is 2.32. The number of hydrogen-bond donors (Lipinski definition) is 1. The summed E-state index contributed by atoms with van der Waals surface area (Å²) < 4.78 is 11.9. The van der Waals surface area contributed by atoms with Crippen LogP contribution in [0.4, 0.5) is 5.69 Å². The van der Waals surface area contributed by atoms with Crippen molar-refractivity contribution in [1.82, 2.24) is 4.90 Å². The molecule has 6 heteroatoms. The molecule has 1 aliphatic carbocycles. The maximum atomic E-state index is 13.5. The first-order valence-electron chi connectivity index (χ1n) is 12.8. The zero-order valence-corrected chi connectivity index (χ0v) is 20.8. The molecule has 36 heavy (non-hydrogen) atoms. The first-order valence-corrected chi connectivity index (χ1v) is 12.8. The Morgan fingerprint density at radius 3 is 2.50 bits per heavy atom. The van der Waals surface area contributed by atoms with Gasteiger partial charge in [0, 0.05) is 37.0 Å². The maximum absolute atomic E-state index is 13.5. The molecule has 3 aromatic carbocycles. The van der Waals surface area contributed by atoms with Gasteiger partial charge >= 0.3 is 0 Å². The van der Waals surface area contributed by atoms with Gasteiger partial charge in [0.2, 0.25) is 0 Å². The second-order valence-corrected chi connectivity index (χ2v) is 9.70. The number of piperazine rings is 1. The van der Waals surface area contributed by atoms with E-state index >= 15 is 0 Å². The number of nitrogens with zero attached hydrogens (tertiary/aromatic N) is 2. The Kier molecular flexibility index (Phi) is 7.31. The fraction of sp³-hybridized carbons (Fsp3) is 0.367. The molecular weight excluding hydrogens is 452 g/mol. The number of carbonyl (C=O) groups is 1. The molecule has 0 bridgehead atoms. The topological polar surface area (TPSA) is 62.2 Å². The predicted molar refractivity (Wildman–Crippen MR) is 141 cm³/mol. The van der Waals surface area contributed by atoms with Crippen molar-refractivity contribution >= 4 is 11.6 Å². The largest absolute Gasteiger partial charge is 0.508 e. The second kappa shape index (κ2) is 10.9. The standard InChI is InChI=1S/C30H34N2O4/c1-35-28-15-14-24(20-29(28)36-27-12-5-6-13-27)31-16-17-32(30(34)23-10-7-11-26(33)19-23)25(21-31)18-22-8-3-2-4-9-22/h2-4,7-11,14-15,19-20,25,27,33H,5-6,12-13,16-18,21H2,1H3/t25-/m0/s1. The summed E-state index contributed by atoms with van der Waals surface area (Å²) in [6.07, 6.45) is 5.59. The van der Waals surface area contributed by atoms with Crippen LogP contribution in [0.3, 0.4) is 0 Å². The van der Waals surface area contributed by atoms with Gasteiger partial charge in [0.25, 0.3) is 5.91 Å². The van der Waals surface area contributed by atoms with E-state index in [0.717, 1.165) is 36.4 Å². The number of aromatic hydroxyl groups is 1. The highest BCUT2D eigenvalue weighted by atomic mass is 16.5. The minimum atomic E-state index is -0.0496. The number of hydrogen-bond acceptors (Lipinski definition) is 5. The van der Waals surface area contributed by atoms with Crippen molar-refractivity contribution in [3.05, 3.63) is 83.9 Å². The van der Waals surface area contributed by atoms with Crippen LogP contribution in [0.15, 0.2) is 72.8 Å². The average Bonchev–Trinajstić information content (AvgIpc) is 3.42. The van der Waals surface area contributed by atoms with Gasteiger partial charge in [-0.3, -0.25) is 4.79 Å². The van der Waals surface area contributed by atoms with E-state index < -0.39 is 0 Å². The van der Waals surface area contributed by atoms with Crippen molar-refractivity contribution in [1.29, 1.82) is 0 Å². The van der Waals surface area contributed by atoms with E-state index in [-0.39, 0.29) is 23.8 Å². The molecule has 5 rings (SSSR count). The third-order valence-corrected chi connectivity index (χ3v) is 7.26. The molecule has 0 unspecified atom stereocenters. The van der Waals surface area contributed by atoms with Gasteiger partial charge in [-0.2, -0.15) is 0 Å². The van der Waals surface area contributed by atoms with E-state index in [1.807, 2.05) is 29.2 Å². The van der Waals surface area contributed by atoms with Crippen LogP contribution in [0.25, 0.3) is 0 Å². The summed E-state index contributed by atoms with van der Waals surface area (Å²) in [5.74, 6) is 1.60. The summed E-state index contributed by atoms with van der Waals surface area (Å²) in [5.41, 5.74) is 2.78. The zero-order chi connectivity index (χ0) is 24.9. The molecule has 2 aliphatic rings. The lowest BCUT2D eigenvalue weighted by molar-refractivity contribution is 0.0656. The molecule has 1 N–H and O–H groups in total. The summed E-state index contributed by atoms with van der Waals surface area (Å²) in [4.78, 5) is 17.8. The maximum Gasteiger partial charge on any atom is 0.254 e. The Morgan fingerprint density at radius 2 is 1.75 bits per heavy atom. The lowest BCUT2D eigenvalue weighted by atomic mass is 10.00. The summed E-state index contributed by atoms with van der Waals surface area (Å²) in [5, 5.41) is 9.92. The third kappa shape index (κ3) is 5.43. The van der Waals surface area contributed by atoms with E-state index in [1.165, 1.54) is 18.4 Å². The molecule has 2 fully saturated rings. The van der Waals surface area contributed by atoms with Crippen molar-refractivity contribution in [2.45, 2.75) is 44.2 Å². The first-order chi connectivity index (χ1) is 17.6. The van der Waals surface area contributed by atoms with Gasteiger partial charge in [0.05, 0.1) is 19.3 Å². The summed E-state index contributed by atoms with van der Waals surface area (Å²) in [6, 6.07) is 23.0. The van der Waals surface area contributed by atoms with Gasteiger partial charge in [0.1, 0.15) is 5.75 Å². The van der Waals surface area contributed by atoms with Gasteiger partial charge in [-0.1, -0.05) is 36.4 Å². The van der Waals surface area contributed by atoms with E-state index in [1.54, 1.807) is 31.4 Å². The van der Waals surface area contributed by atoms with Crippen LogP contribution in [0.1, 0.15) is 41.6 Å². The van der Waals surface area contributed by atoms with E-state index in [0.29, 0.717) is 25.2 Å². The Hall–Kier alpha value is -3.67. The number of amides is 1. The van der Waals surface area contributed by atoms with Gasteiger partial charge < -0.3 is 24.4 Å². The Morgan fingerprint density at radius 1 is 0.944 bits per heavy atom. The van der Waals surface area contributed by atoms with Crippen LogP contribution in [-0.4, -0.2) is 54.8 Å². The number of anilines is 1. The number of ether oxygens (including phenoxy) is 2. The lowest BCUT2D eigenvalue weighted by Crippen LogP contribution is -2.56. The van der Waals surface area contributed by atoms with Crippen LogP contribution in [-0.2, 0) is 6.42 Å². The number of phenols is 1. The number of rotatable bonds is 7. The highest BCUT2D eigenvalue weighted by Crippen LogP contribution is 2.36. The van der Waals surface area contributed by atoms with Crippen LogP contribution in [0, 0.1) is 0 Å². The molecular formula is C30H34N2O4. The SMILES string of the molecule is COc1ccc(N2CCN(C(=O)c3cccc(O)c3)[C@@H](Cc3ccccc3)C2)cc1OC1CCCC1. The first kappa shape index (κ1) is 24.0. The van der Waals surface area contributed by atoms with E-state index in [9.17, 15) is 9.90 Å². The van der Waals surface area contributed by atoms with E-state index in [4.69, 9.17) is 9.47 Å². The molecule has 0 aromatic heterocycles. The second-order valence-electron chi connectivity index (χ2n) is 9.70. The Bertz CT molecular complexity index is 1180. The van der Waals surface area contributed by atoms with Crippen molar-refractivity contribution in [3.63, 3.8) is 0 Å². The molecule has 0 radical (unpaired) electrons. The smallest absolute Gasteiger partial charge is 0.254 e. The number of benzene rings is 3. The number of phenolic OH excluding ortho intramolecular Hbond substituents is 1. The molecule has 1 atom stereocenters. The molecule has 0 spiro atoms. The monoisotopic (exact) mass is 486 g/mol. The van der Waals surface area contributed by atoms with Gasteiger partial charge in [-0.25, -0.2) is 0 Å².